The van der Waals surface area contributed by atoms with Gasteiger partial charge in [-0.2, -0.15) is 5.10 Å². The topological polar surface area (TPSA) is 94.2 Å². The van der Waals surface area contributed by atoms with E-state index in [2.05, 4.69) is 20.4 Å². The lowest BCUT2D eigenvalue weighted by Gasteiger charge is -2.29. The van der Waals surface area contributed by atoms with Gasteiger partial charge < -0.3 is 5.32 Å². The number of nitrogens with one attached hydrogen (secondary N) is 1. The number of imidazole rings is 1. The summed E-state index contributed by atoms with van der Waals surface area (Å²) in [5.74, 6) is -0.111. The molecule has 1 N–H and O–H groups in total. The summed E-state index contributed by atoms with van der Waals surface area (Å²) in [6.07, 6.45) is 8.43. The van der Waals surface area contributed by atoms with E-state index >= 15 is 0 Å². The van der Waals surface area contributed by atoms with Crippen molar-refractivity contribution >= 4 is 11.6 Å². The van der Waals surface area contributed by atoms with Crippen molar-refractivity contribution in [2.24, 2.45) is 0 Å². The fourth-order valence-electron chi connectivity index (χ4n) is 4.47. The Kier molecular flexibility index (Phi) is 5.26. The standard InChI is InChI=1S/C24H24N6O2/c1-16-23(29-15-3-2-4-21(29)26-16)24(32)27-18-5-7-19(8-6-18)30-22(31)10-9-20(28-30)17-11-13-25-14-12-17/h2-4,9-15,18-19H,5-8H2,1H3,(H,27,32). The average molecular weight is 428 g/mol. The molecule has 1 amide bonds. The molecule has 1 aliphatic rings. The summed E-state index contributed by atoms with van der Waals surface area (Å²) >= 11 is 0. The van der Waals surface area contributed by atoms with Crippen LogP contribution in [-0.2, 0) is 0 Å². The SMILES string of the molecule is Cc1nc2ccccn2c1C(=O)NC1CCC(n2nc(-c3ccncc3)ccc2=O)CC1. The lowest BCUT2D eigenvalue weighted by atomic mass is 9.91. The van der Waals surface area contributed by atoms with Crippen LogP contribution in [0.1, 0.15) is 47.9 Å². The van der Waals surface area contributed by atoms with E-state index in [1.807, 2.05) is 47.9 Å². The second kappa shape index (κ2) is 8.37. The summed E-state index contributed by atoms with van der Waals surface area (Å²) in [5.41, 5.74) is 3.63. The Hall–Kier alpha value is -3.81. The molecule has 1 aliphatic carbocycles. The van der Waals surface area contributed by atoms with Crippen LogP contribution in [0.2, 0.25) is 0 Å². The van der Waals surface area contributed by atoms with Crippen molar-refractivity contribution in [2.45, 2.75) is 44.7 Å². The normalized spacial score (nSPS) is 18.5. The molecule has 0 aliphatic heterocycles. The molecule has 1 saturated carbocycles. The van der Waals surface area contributed by atoms with Gasteiger partial charge in [0.25, 0.3) is 11.5 Å². The highest BCUT2D eigenvalue weighted by atomic mass is 16.2. The van der Waals surface area contributed by atoms with E-state index in [0.717, 1.165) is 42.6 Å². The molecular formula is C24H24N6O2. The van der Waals surface area contributed by atoms with Crippen LogP contribution in [0.25, 0.3) is 16.9 Å². The summed E-state index contributed by atoms with van der Waals surface area (Å²) in [7, 11) is 0. The van der Waals surface area contributed by atoms with Gasteiger partial charge in [0, 0.05) is 36.3 Å². The Morgan fingerprint density at radius 2 is 1.81 bits per heavy atom. The monoisotopic (exact) mass is 428 g/mol. The van der Waals surface area contributed by atoms with Gasteiger partial charge in [0.05, 0.1) is 17.4 Å². The highest BCUT2D eigenvalue weighted by Gasteiger charge is 2.26. The van der Waals surface area contributed by atoms with E-state index in [1.165, 1.54) is 0 Å². The van der Waals surface area contributed by atoms with E-state index < -0.39 is 0 Å². The smallest absolute Gasteiger partial charge is 0.270 e. The third-order valence-electron chi connectivity index (χ3n) is 6.10. The Morgan fingerprint density at radius 3 is 2.59 bits per heavy atom. The van der Waals surface area contributed by atoms with Gasteiger partial charge in [-0.3, -0.25) is 19.0 Å². The van der Waals surface area contributed by atoms with E-state index in [9.17, 15) is 9.59 Å². The van der Waals surface area contributed by atoms with Gasteiger partial charge in [0.2, 0.25) is 0 Å². The van der Waals surface area contributed by atoms with E-state index in [4.69, 9.17) is 0 Å². The number of amides is 1. The van der Waals surface area contributed by atoms with E-state index in [-0.39, 0.29) is 23.6 Å². The molecule has 0 saturated heterocycles. The molecule has 5 rings (SSSR count). The van der Waals surface area contributed by atoms with Crippen LogP contribution in [0.4, 0.5) is 0 Å². The van der Waals surface area contributed by atoms with Crippen molar-refractivity contribution in [1.82, 2.24) is 29.5 Å². The van der Waals surface area contributed by atoms with Crippen LogP contribution in [0.3, 0.4) is 0 Å². The second-order valence-corrected chi connectivity index (χ2v) is 8.19. The highest BCUT2D eigenvalue weighted by Crippen LogP contribution is 2.28. The molecule has 0 unspecified atom stereocenters. The van der Waals surface area contributed by atoms with Gasteiger partial charge >= 0.3 is 0 Å². The van der Waals surface area contributed by atoms with Crippen molar-refractivity contribution < 1.29 is 4.79 Å². The molecule has 162 valence electrons. The Labute approximate surface area is 185 Å². The molecule has 4 aromatic heterocycles. The molecule has 1 fully saturated rings. The van der Waals surface area contributed by atoms with Gasteiger partial charge in [0.1, 0.15) is 11.3 Å². The number of hydrogen-bond acceptors (Lipinski definition) is 5. The second-order valence-electron chi connectivity index (χ2n) is 8.19. The number of aromatic nitrogens is 5. The molecule has 4 aromatic rings. The van der Waals surface area contributed by atoms with Crippen LogP contribution in [-0.4, -0.2) is 36.1 Å². The summed E-state index contributed by atoms with van der Waals surface area (Å²) in [6.45, 7) is 1.85. The largest absolute Gasteiger partial charge is 0.348 e. The van der Waals surface area contributed by atoms with Crippen molar-refractivity contribution in [2.75, 3.05) is 0 Å². The third kappa shape index (κ3) is 3.79. The molecule has 0 atom stereocenters. The fourth-order valence-corrected chi connectivity index (χ4v) is 4.47. The number of rotatable bonds is 4. The Balaban J connectivity index is 1.28. The first-order valence-corrected chi connectivity index (χ1v) is 10.8. The minimum absolute atomic E-state index is 0.0231. The Morgan fingerprint density at radius 1 is 1.03 bits per heavy atom. The van der Waals surface area contributed by atoms with Crippen molar-refractivity contribution in [3.63, 3.8) is 0 Å². The van der Waals surface area contributed by atoms with Crippen molar-refractivity contribution in [3.05, 3.63) is 82.8 Å². The molecule has 4 heterocycles. The van der Waals surface area contributed by atoms with Gasteiger partial charge in [0.15, 0.2) is 0 Å². The van der Waals surface area contributed by atoms with E-state index in [0.29, 0.717) is 11.4 Å². The maximum atomic E-state index is 13.0. The maximum Gasteiger partial charge on any atom is 0.270 e. The van der Waals surface area contributed by atoms with Crippen molar-refractivity contribution in [1.29, 1.82) is 0 Å². The fraction of sp³-hybridized carbons (Fsp3) is 0.292. The average Bonchev–Trinajstić information content (AvgIpc) is 3.16. The van der Waals surface area contributed by atoms with Crippen LogP contribution in [0.15, 0.2) is 65.8 Å². The summed E-state index contributed by atoms with van der Waals surface area (Å²) in [4.78, 5) is 34.0. The number of hydrogen-bond donors (Lipinski definition) is 1. The molecule has 8 heteroatoms. The number of carbonyl (C=O) groups excluding carboxylic acids is 1. The predicted molar refractivity (Wildman–Crippen MR) is 120 cm³/mol. The van der Waals surface area contributed by atoms with Gasteiger partial charge in [-0.05, 0) is 62.9 Å². The van der Waals surface area contributed by atoms with E-state index in [1.54, 1.807) is 29.2 Å². The number of aryl methyl sites for hydroxylation is 1. The third-order valence-corrected chi connectivity index (χ3v) is 6.10. The summed E-state index contributed by atoms with van der Waals surface area (Å²) < 4.78 is 3.42. The maximum absolute atomic E-state index is 13.0. The number of pyridine rings is 2. The quantitative estimate of drug-likeness (QED) is 0.539. The lowest BCUT2D eigenvalue weighted by molar-refractivity contribution is 0.0914. The first kappa shape index (κ1) is 20.1. The predicted octanol–water partition coefficient (Wildman–Crippen LogP) is 3.18. The molecule has 0 radical (unpaired) electrons. The lowest BCUT2D eigenvalue weighted by Crippen LogP contribution is -2.40. The summed E-state index contributed by atoms with van der Waals surface area (Å²) in [6, 6.07) is 12.9. The number of fused-ring (bicyclic) bond motifs is 1. The zero-order valence-corrected chi connectivity index (χ0v) is 17.8. The number of nitrogens with zero attached hydrogens (tertiary/aromatic N) is 5. The van der Waals surface area contributed by atoms with Crippen LogP contribution >= 0.6 is 0 Å². The van der Waals surface area contributed by atoms with Crippen LogP contribution in [0.5, 0.6) is 0 Å². The van der Waals surface area contributed by atoms with Crippen molar-refractivity contribution in [3.8, 4) is 11.3 Å². The molecule has 0 bridgehead atoms. The molecule has 0 aromatic carbocycles. The first-order chi connectivity index (χ1) is 15.6. The molecule has 8 nitrogen and oxygen atoms in total. The molecule has 0 spiro atoms. The molecule has 32 heavy (non-hydrogen) atoms. The van der Waals surface area contributed by atoms with Gasteiger partial charge in [-0.25, -0.2) is 9.67 Å². The summed E-state index contributed by atoms with van der Waals surface area (Å²) in [5, 5.41) is 7.78. The van der Waals surface area contributed by atoms with Gasteiger partial charge in [-0.1, -0.05) is 6.07 Å². The first-order valence-electron chi connectivity index (χ1n) is 10.8. The van der Waals surface area contributed by atoms with Gasteiger partial charge in [-0.15, -0.1) is 0 Å². The number of carbonyl (C=O) groups is 1. The Bertz CT molecular complexity index is 1320. The van der Waals surface area contributed by atoms with Crippen LogP contribution in [0, 0.1) is 6.92 Å². The highest BCUT2D eigenvalue weighted by molar-refractivity contribution is 5.94. The minimum Gasteiger partial charge on any atom is -0.348 e. The zero-order valence-electron chi connectivity index (χ0n) is 17.8. The molecular weight excluding hydrogens is 404 g/mol. The zero-order chi connectivity index (χ0) is 22.1. The minimum atomic E-state index is -0.111. The van der Waals surface area contributed by atoms with Crippen LogP contribution < -0.4 is 10.9 Å².